The van der Waals surface area contributed by atoms with E-state index in [2.05, 4.69) is 5.32 Å². The van der Waals surface area contributed by atoms with Crippen molar-refractivity contribution in [3.8, 4) is 0 Å². The van der Waals surface area contributed by atoms with Crippen molar-refractivity contribution in [2.75, 3.05) is 18.4 Å². The molecule has 1 spiro atoms. The first-order valence-electron chi connectivity index (χ1n) is 12.1. The predicted molar refractivity (Wildman–Crippen MR) is 137 cm³/mol. The van der Waals surface area contributed by atoms with Crippen molar-refractivity contribution in [2.24, 2.45) is 5.73 Å². The van der Waals surface area contributed by atoms with E-state index in [1.54, 1.807) is 36.4 Å². The lowest BCUT2D eigenvalue weighted by Crippen LogP contribution is -2.54. The van der Waals surface area contributed by atoms with Crippen molar-refractivity contribution < 1.29 is 27.9 Å². The molecule has 1 saturated heterocycles. The molecule has 7 nitrogen and oxygen atoms in total. The molecular formula is C28H24ClF2N3O4. The number of nitrogens with one attached hydrogen (secondary N) is 1. The van der Waals surface area contributed by atoms with Crippen LogP contribution in [0.3, 0.4) is 0 Å². The molecule has 1 fully saturated rings. The Hall–Kier alpha value is -3.98. The quantitative estimate of drug-likeness (QED) is 0.469. The molecule has 2 heterocycles. The molecule has 3 N–H and O–H groups in total. The zero-order valence-corrected chi connectivity index (χ0v) is 20.9. The molecule has 0 aliphatic carbocycles. The fourth-order valence-corrected chi connectivity index (χ4v) is 5.55. The minimum atomic E-state index is -1.44. The van der Waals surface area contributed by atoms with E-state index in [1.807, 2.05) is 0 Å². The van der Waals surface area contributed by atoms with E-state index in [0.717, 1.165) is 0 Å². The van der Waals surface area contributed by atoms with Crippen LogP contribution in [0.25, 0.3) is 0 Å². The van der Waals surface area contributed by atoms with Gasteiger partial charge < -0.3 is 15.4 Å². The molecule has 3 amide bonds. The fraction of sp³-hybridized carbons (Fsp3) is 0.250. The number of ether oxygens (including phenoxy) is 1. The molecule has 2 aliphatic heterocycles. The van der Waals surface area contributed by atoms with Crippen molar-refractivity contribution >= 4 is 35.2 Å². The van der Waals surface area contributed by atoms with Crippen LogP contribution < -0.4 is 11.1 Å². The first kappa shape index (κ1) is 25.7. The molecule has 3 aromatic carbocycles. The maximum atomic E-state index is 15.3. The Labute approximate surface area is 222 Å². The van der Waals surface area contributed by atoms with Crippen molar-refractivity contribution in [3.63, 3.8) is 0 Å². The minimum absolute atomic E-state index is 0.0923. The summed E-state index contributed by atoms with van der Waals surface area (Å²) in [6.45, 7) is 0.212. The third kappa shape index (κ3) is 4.69. The van der Waals surface area contributed by atoms with E-state index in [9.17, 15) is 18.8 Å². The van der Waals surface area contributed by atoms with E-state index in [1.165, 1.54) is 29.2 Å². The van der Waals surface area contributed by atoms with E-state index >= 15 is 4.39 Å². The number of carbonyl (C=O) groups excluding carboxylic acids is 3. The van der Waals surface area contributed by atoms with Crippen LogP contribution in [0.1, 0.15) is 45.8 Å². The predicted octanol–water partition coefficient (Wildman–Crippen LogP) is 5.12. The van der Waals surface area contributed by atoms with Crippen LogP contribution in [0.15, 0.2) is 60.7 Å². The number of carbonyl (C=O) groups is 3. The molecule has 0 saturated carbocycles. The lowest BCUT2D eigenvalue weighted by Gasteiger charge is -2.45. The monoisotopic (exact) mass is 539 g/mol. The molecule has 0 aromatic heterocycles. The summed E-state index contributed by atoms with van der Waals surface area (Å²) in [5.74, 6) is -3.05. The average Bonchev–Trinajstić information content (AvgIpc) is 2.90. The zero-order valence-electron chi connectivity index (χ0n) is 20.2. The Kier molecular flexibility index (Phi) is 6.79. The highest BCUT2D eigenvalue weighted by molar-refractivity contribution is 6.31. The molecule has 0 radical (unpaired) electrons. The largest absolute Gasteiger partial charge is 0.436 e. The maximum absolute atomic E-state index is 15.3. The summed E-state index contributed by atoms with van der Waals surface area (Å²) in [6.07, 6.45) is 0.112. The Morgan fingerprint density at radius 2 is 1.84 bits per heavy atom. The highest BCUT2D eigenvalue weighted by Crippen LogP contribution is 2.45. The molecule has 38 heavy (non-hydrogen) atoms. The van der Waals surface area contributed by atoms with Crippen molar-refractivity contribution in [2.45, 2.75) is 30.8 Å². The van der Waals surface area contributed by atoms with E-state index in [0.29, 0.717) is 24.1 Å². The number of fused-ring (bicyclic) bond motifs is 2. The zero-order chi connectivity index (χ0) is 27.0. The van der Waals surface area contributed by atoms with Gasteiger partial charge in [-0.05, 0) is 60.7 Å². The Morgan fingerprint density at radius 1 is 1.11 bits per heavy atom. The van der Waals surface area contributed by atoms with Crippen LogP contribution in [-0.4, -0.2) is 35.9 Å². The smallest absolute Gasteiger partial charge is 0.412 e. The second kappa shape index (κ2) is 10.1. The van der Waals surface area contributed by atoms with Gasteiger partial charge in [-0.2, -0.15) is 0 Å². The number of likely N-dealkylation sites (tertiary alicyclic amines) is 1. The van der Waals surface area contributed by atoms with Crippen LogP contribution in [0, 0.1) is 11.6 Å². The summed E-state index contributed by atoms with van der Waals surface area (Å²) in [7, 11) is 0. The average molecular weight is 540 g/mol. The van der Waals surface area contributed by atoms with Gasteiger partial charge in [-0.1, -0.05) is 41.9 Å². The van der Waals surface area contributed by atoms with Crippen LogP contribution in [0.2, 0.25) is 5.02 Å². The molecule has 0 unspecified atom stereocenters. The number of halogens is 3. The number of anilines is 1. The van der Waals surface area contributed by atoms with Crippen LogP contribution >= 0.6 is 11.6 Å². The molecule has 2 aliphatic rings. The number of rotatable bonds is 5. The summed E-state index contributed by atoms with van der Waals surface area (Å²) >= 11 is 6.07. The van der Waals surface area contributed by atoms with Gasteiger partial charge in [-0.3, -0.25) is 14.9 Å². The summed E-state index contributed by atoms with van der Waals surface area (Å²) in [4.78, 5) is 40.3. The third-order valence-electron chi connectivity index (χ3n) is 7.09. The molecular weight excluding hydrogens is 516 g/mol. The SMILES string of the molecule is NC(=O)c1ccccc1[C@H](Cc1ccc(F)cc1)C(=O)N1CCC[C@@]2(C1)OC(=O)Nc1ccc(Cl)c(F)c12. The lowest BCUT2D eigenvalue weighted by atomic mass is 9.81. The molecule has 0 bridgehead atoms. The molecule has 10 heteroatoms. The number of benzene rings is 3. The van der Waals surface area contributed by atoms with Gasteiger partial charge in [0, 0.05) is 12.1 Å². The van der Waals surface area contributed by atoms with Crippen LogP contribution in [0.5, 0.6) is 0 Å². The first-order chi connectivity index (χ1) is 18.2. The first-order valence-corrected chi connectivity index (χ1v) is 12.5. The maximum Gasteiger partial charge on any atom is 0.412 e. The number of hydrogen-bond donors (Lipinski definition) is 2. The van der Waals surface area contributed by atoms with Crippen molar-refractivity contribution in [1.29, 1.82) is 0 Å². The second-order valence-electron chi connectivity index (χ2n) is 9.49. The summed E-state index contributed by atoms with van der Waals surface area (Å²) < 4.78 is 34.5. The highest BCUT2D eigenvalue weighted by atomic mass is 35.5. The van der Waals surface area contributed by atoms with Gasteiger partial charge in [0.05, 0.1) is 28.7 Å². The normalized spacial score (nSPS) is 19.3. The van der Waals surface area contributed by atoms with Crippen molar-refractivity contribution in [3.05, 3.63) is 99.6 Å². The Balaban J connectivity index is 1.55. The number of nitrogens with two attached hydrogens (primary N) is 1. The highest BCUT2D eigenvalue weighted by Gasteiger charge is 2.49. The summed E-state index contributed by atoms with van der Waals surface area (Å²) in [6, 6.07) is 15.1. The molecule has 2 atom stereocenters. The number of nitrogens with zero attached hydrogens (tertiary/aromatic N) is 1. The third-order valence-corrected chi connectivity index (χ3v) is 7.39. The van der Waals surface area contributed by atoms with Gasteiger partial charge >= 0.3 is 6.09 Å². The Bertz CT molecular complexity index is 1430. The van der Waals surface area contributed by atoms with Gasteiger partial charge in [-0.25, -0.2) is 13.6 Å². The van der Waals surface area contributed by atoms with Gasteiger partial charge in [-0.15, -0.1) is 0 Å². The molecule has 5 rings (SSSR count). The van der Waals surface area contributed by atoms with E-state index in [4.69, 9.17) is 22.1 Å². The standard InChI is InChI=1S/C28H24ClF2N3O4/c29-21-10-11-22-23(24(21)31)28(38-27(37)33-22)12-3-13-34(15-28)26(36)20(14-16-6-8-17(30)9-7-16)18-4-1-2-5-19(18)25(32)35/h1-2,4-11,20H,3,12-15H2,(H2,32,35)(H,33,37)/t20-,28-/m0/s1. The number of hydrogen-bond acceptors (Lipinski definition) is 4. The fourth-order valence-electron chi connectivity index (χ4n) is 5.39. The number of piperidine rings is 1. The van der Waals surface area contributed by atoms with Gasteiger partial charge in [0.2, 0.25) is 11.8 Å². The van der Waals surface area contributed by atoms with Gasteiger partial charge in [0.15, 0.2) is 11.4 Å². The summed E-state index contributed by atoms with van der Waals surface area (Å²) in [5, 5.41) is 2.38. The van der Waals surface area contributed by atoms with Gasteiger partial charge in [0.25, 0.3) is 0 Å². The summed E-state index contributed by atoms with van der Waals surface area (Å²) in [5.41, 5.74) is 5.80. The molecule has 3 aromatic rings. The van der Waals surface area contributed by atoms with E-state index < -0.39 is 35.2 Å². The van der Waals surface area contributed by atoms with Crippen molar-refractivity contribution in [1.82, 2.24) is 4.90 Å². The molecule has 196 valence electrons. The van der Waals surface area contributed by atoms with Gasteiger partial charge in [0.1, 0.15) is 5.82 Å². The van der Waals surface area contributed by atoms with Crippen LogP contribution in [0.4, 0.5) is 19.3 Å². The lowest BCUT2D eigenvalue weighted by molar-refractivity contribution is -0.140. The minimum Gasteiger partial charge on any atom is -0.436 e. The Morgan fingerprint density at radius 3 is 2.58 bits per heavy atom. The number of amides is 3. The number of primary amides is 1. The van der Waals surface area contributed by atoms with Crippen LogP contribution in [-0.2, 0) is 21.6 Å². The second-order valence-corrected chi connectivity index (χ2v) is 9.90. The van der Waals surface area contributed by atoms with E-state index in [-0.39, 0.29) is 47.1 Å². The topological polar surface area (TPSA) is 102 Å².